The molecule has 24 heavy (non-hydrogen) atoms. The molecule has 1 N–H and O–H groups in total. The molecule has 3 rings (SSSR count). The Bertz CT molecular complexity index is 862. The summed E-state index contributed by atoms with van der Waals surface area (Å²) in [6.45, 7) is 0.216. The Morgan fingerprint density at radius 2 is 2.08 bits per heavy atom. The van der Waals surface area contributed by atoms with Gasteiger partial charge < -0.3 is 14.3 Å². The third-order valence-electron chi connectivity index (χ3n) is 3.61. The number of benzene rings is 1. The molecule has 0 unspecified atom stereocenters. The van der Waals surface area contributed by atoms with E-state index in [0.717, 1.165) is 5.56 Å². The van der Waals surface area contributed by atoms with Gasteiger partial charge in [-0.25, -0.2) is 0 Å². The van der Waals surface area contributed by atoms with E-state index in [-0.39, 0.29) is 6.54 Å². The number of aromatic nitrogens is 3. The fourth-order valence-electron chi connectivity index (χ4n) is 2.35. The standard InChI is InChI=1S/C17H15N5O2/c1-22-15(12-6-3-2-4-7-12)20-21-16(22)14(10-18)17(23)19-11-13-8-5-9-24-13/h2-9,14H,11H2,1H3,(H,19,23)/t14-/m0/s1. The van der Waals surface area contributed by atoms with Gasteiger partial charge in [0, 0.05) is 12.6 Å². The Balaban J connectivity index is 1.80. The molecule has 120 valence electrons. The molecule has 1 amide bonds. The van der Waals surface area contributed by atoms with Gasteiger partial charge in [0.2, 0.25) is 5.91 Å². The van der Waals surface area contributed by atoms with Crippen molar-refractivity contribution < 1.29 is 9.21 Å². The molecule has 0 saturated carbocycles. The Hall–Kier alpha value is -3.40. The van der Waals surface area contributed by atoms with Crippen LogP contribution >= 0.6 is 0 Å². The number of carbonyl (C=O) groups excluding carboxylic acids is 1. The summed E-state index contributed by atoms with van der Waals surface area (Å²) >= 11 is 0. The fourth-order valence-corrected chi connectivity index (χ4v) is 2.35. The molecule has 2 heterocycles. The van der Waals surface area contributed by atoms with E-state index < -0.39 is 11.8 Å². The van der Waals surface area contributed by atoms with E-state index in [9.17, 15) is 10.1 Å². The second-order valence-electron chi connectivity index (χ2n) is 5.17. The van der Waals surface area contributed by atoms with Crippen molar-refractivity contribution in [2.45, 2.75) is 12.5 Å². The molecular weight excluding hydrogens is 306 g/mol. The number of carbonyl (C=O) groups is 1. The summed E-state index contributed by atoms with van der Waals surface area (Å²) in [5, 5.41) is 20.2. The topological polar surface area (TPSA) is 96.7 Å². The third-order valence-corrected chi connectivity index (χ3v) is 3.61. The van der Waals surface area contributed by atoms with Gasteiger partial charge >= 0.3 is 0 Å². The van der Waals surface area contributed by atoms with Crippen LogP contribution in [0.25, 0.3) is 11.4 Å². The zero-order valence-electron chi connectivity index (χ0n) is 13.0. The highest BCUT2D eigenvalue weighted by molar-refractivity contribution is 5.85. The number of nitrogens with one attached hydrogen (secondary N) is 1. The number of furan rings is 1. The molecule has 1 aromatic carbocycles. The minimum Gasteiger partial charge on any atom is -0.467 e. The molecule has 0 aliphatic rings. The highest BCUT2D eigenvalue weighted by atomic mass is 16.3. The fraction of sp³-hybridized carbons (Fsp3) is 0.176. The van der Waals surface area contributed by atoms with E-state index in [2.05, 4.69) is 15.5 Å². The Morgan fingerprint density at radius 3 is 2.75 bits per heavy atom. The first-order chi connectivity index (χ1) is 11.7. The van der Waals surface area contributed by atoms with Gasteiger partial charge in [0.05, 0.1) is 18.9 Å². The normalized spacial score (nSPS) is 11.7. The SMILES string of the molecule is Cn1c(-c2ccccc2)nnc1[C@H](C#N)C(=O)NCc1ccco1. The third kappa shape index (κ3) is 3.03. The van der Waals surface area contributed by atoms with Gasteiger partial charge in [-0.2, -0.15) is 5.26 Å². The van der Waals surface area contributed by atoms with E-state index in [0.29, 0.717) is 17.4 Å². The summed E-state index contributed by atoms with van der Waals surface area (Å²) < 4.78 is 6.82. The van der Waals surface area contributed by atoms with Crippen molar-refractivity contribution in [1.82, 2.24) is 20.1 Å². The van der Waals surface area contributed by atoms with Gasteiger partial charge in [-0.05, 0) is 12.1 Å². The van der Waals surface area contributed by atoms with Crippen LogP contribution < -0.4 is 5.32 Å². The van der Waals surface area contributed by atoms with Crippen molar-refractivity contribution in [2.24, 2.45) is 7.05 Å². The van der Waals surface area contributed by atoms with Crippen LogP contribution in [0, 0.1) is 11.3 Å². The van der Waals surface area contributed by atoms with Gasteiger partial charge in [0.1, 0.15) is 5.76 Å². The zero-order valence-corrected chi connectivity index (χ0v) is 13.0. The van der Waals surface area contributed by atoms with E-state index in [1.165, 1.54) is 6.26 Å². The van der Waals surface area contributed by atoms with Crippen LogP contribution in [0.3, 0.4) is 0 Å². The molecule has 0 spiro atoms. The number of rotatable bonds is 5. The molecule has 7 heteroatoms. The van der Waals surface area contributed by atoms with Crippen LogP contribution in [0.5, 0.6) is 0 Å². The molecule has 0 aliphatic heterocycles. The molecule has 0 bridgehead atoms. The minimum absolute atomic E-state index is 0.216. The predicted octanol–water partition coefficient (Wildman–Crippen LogP) is 2.00. The van der Waals surface area contributed by atoms with Crippen molar-refractivity contribution in [3.8, 4) is 17.5 Å². The van der Waals surface area contributed by atoms with Gasteiger partial charge in [0.25, 0.3) is 0 Å². The minimum atomic E-state index is -1.05. The molecule has 0 aliphatic carbocycles. The van der Waals surface area contributed by atoms with Crippen molar-refractivity contribution in [1.29, 1.82) is 5.26 Å². The number of nitrogens with zero attached hydrogens (tertiary/aromatic N) is 4. The lowest BCUT2D eigenvalue weighted by Crippen LogP contribution is -2.29. The van der Waals surface area contributed by atoms with E-state index in [4.69, 9.17) is 4.42 Å². The zero-order chi connectivity index (χ0) is 16.9. The largest absolute Gasteiger partial charge is 0.467 e. The summed E-state index contributed by atoms with van der Waals surface area (Å²) in [4.78, 5) is 12.3. The molecule has 0 fully saturated rings. The monoisotopic (exact) mass is 321 g/mol. The van der Waals surface area contributed by atoms with Crippen molar-refractivity contribution >= 4 is 5.91 Å². The van der Waals surface area contributed by atoms with E-state index in [1.54, 1.807) is 23.7 Å². The first-order valence-electron chi connectivity index (χ1n) is 7.35. The molecule has 0 saturated heterocycles. The summed E-state index contributed by atoms with van der Waals surface area (Å²) in [6, 6.07) is 14.9. The quantitative estimate of drug-likeness (QED) is 0.775. The Kier molecular flexibility index (Phi) is 4.38. The second kappa shape index (κ2) is 6.79. The number of hydrogen-bond donors (Lipinski definition) is 1. The van der Waals surface area contributed by atoms with Gasteiger partial charge in [-0.3, -0.25) is 4.79 Å². The predicted molar refractivity (Wildman–Crippen MR) is 85.3 cm³/mol. The summed E-state index contributed by atoms with van der Waals surface area (Å²) in [6.07, 6.45) is 1.53. The Morgan fingerprint density at radius 1 is 1.29 bits per heavy atom. The van der Waals surface area contributed by atoms with Crippen LogP contribution in [0.15, 0.2) is 53.1 Å². The van der Waals surface area contributed by atoms with Crippen molar-refractivity contribution in [2.75, 3.05) is 0 Å². The molecule has 2 aromatic heterocycles. The van der Waals surface area contributed by atoms with E-state index >= 15 is 0 Å². The maximum Gasteiger partial charge on any atom is 0.245 e. The molecule has 0 radical (unpaired) electrons. The maximum atomic E-state index is 12.3. The first-order valence-corrected chi connectivity index (χ1v) is 7.35. The number of hydrogen-bond acceptors (Lipinski definition) is 5. The molecule has 7 nitrogen and oxygen atoms in total. The first kappa shape index (κ1) is 15.5. The lowest BCUT2D eigenvalue weighted by atomic mass is 10.1. The summed E-state index contributed by atoms with van der Waals surface area (Å²) in [5.41, 5.74) is 0.867. The lowest BCUT2D eigenvalue weighted by Gasteiger charge is -2.09. The van der Waals surface area contributed by atoms with Crippen molar-refractivity contribution in [3.63, 3.8) is 0 Å². The number of nitriles is 1. The maximum absolute atomic E-state index is 12.3. The Labute approximate surface area is 138 Å². The molecule has 1 atom stereocenters. The van der Waals surface area contributed by atoms with Crippen LogP contribution in [0.1, 0.15) is 17.5 Å². The van der Waals surface area contributed by atoms with Crippen LogP contribution in [-0.4, -0.2) is 20.7 Å². The molecule has 3 aromatic rings. The lowest BCUT2D eigenvalue weighted by molar-refractivity contribution is -0.121. The van der Waals surface area contributed by atoms with E-state index in [1.807, 2.05) is 36.4 Å². The second-order valence-corrected chi connectivity index (χ2v) is 5.17. The van der Waals surface area contributed by atoms with Gasteiger partial charge in [0.15, 0.2) is 17.6 Å². The van der Waals surface area contributed by atoms with Crippen LogP contribution in [0.2, 0.25) is 0 Å². The van der Waals surface area contributed by atoms with Crippen LogP contribution in [-0.2, 0) is 18.4 Å². The van der Waals surface area contributed by atoms with Crippen molar-refractivity contribution in [3.05, 3.63) is 60.3 Å². The highest BCUT2D eigenvalue weighted by Gasteiger charge is 2.26. The summed E-state index contributed by atoms with van der Waals surface area (Å²) in [5.74, 6) is 0.0277. The summed E-state index contributed by atoms with van der Waals surface area (Å²) in [7, 11) is 1.74. The molecular formula is C17H15N5O2. The smallest absolute Gasteiger partial charge is 0.245 e. The van der Waals surface area contributed by atoms with Gasteiger partial charge in [-0.1, -0.05) is 30.3 Å². The number of amides is 1. The van der Waals surface area contributed by atoms with Gasteiger partial charge in [-0.15, -0.1) is 10.2 Å². The highest BCUT2D eigenvalue weighted by Crippen LogP contribution is 2.21. The average molecular weight is 321 g/mol. The van der Waals surface area contributed by atoms with Crippen LogP contribution in [0.4, 0.5) is 0 Å². The average Bonchev–Trinajstić information content (AvgIpc) is 3.25.